The third-order valence-electron chi connectivity index (χ3n) is 3.78. The van der Waals surface area contributed by atoms with E-state index in [0.29, 0.717) is 27.0 Å². The summed E-state index contributed by atoms with van der Waals surface area (Å²) in [5, 5.41) is 0.124. The summed E-state index contributed by atoms with van der Waals surface area (Å²) in [4.78, 5) is 28.6. The van der Waals surface area contributed by atoms with Crippen molar-refractivity contribution < 1.29 is 19.1 Å². The average Bonchev–Trinajstić information content (AvgIpc) is 3.24. The fourth-order valence-corrected chi connectivity index (χ4v) is 4.49. The van der Waals surface area contributed by atoms with Crippen molar-refractivity contribution in [3.8, 4) is 11.5 Å². The maximum absolute atomic E-state index is 12.6. The highest BCUT2D eigenvalue weighted by molar-refractivity contribution is 8.18. The number of thioether (sulfide) groups is 1. The van der Waals surface area contributed by atoms with E-state index in [-0.39, 0.29) is 24.5 Å². The van der Waals surface area contributed by atoms with Crippen LogP contribution >= 0.6 is 34.7 Å². The smallest absolute Gasteiger partial charge is 0.293 e. The second-order valence-electron chi connectivity index (χ2n) is 5.51. The quantitative estimate of drug-likeness (QED) is 0.709. The molecule has 0 spiro atoms. The minimum atomic E-state index is -0.310. The molecule has 5 nitrogen and oxygen atoms in total. The van der Waals surface area contributed by atoms with Gasteiger partial charge in [0.05, 0.1) is 11.4 Å². The Morgan fingerprint density at radius 1 is 1.24 bits per heavy atom. The molecule has 2 aliphatic rings. The van der Waals surface area contributed by atoms with Crippen LogP contribution in [-0.2, 0) is 11.3 Å². The van der Waals surface area contributed by atoms with Crippen molar-refractivity contribution in [1.29, 1.82) is 0 Å². The number of imide groups is 1. The van der Waals surface area contributed by atoms with Crippen LogP contribution in [0.4, 0.5) is 4.79 Å². The summed E-state index contributed by atoms with van der Waals surface area (Å²) in [6, 6.07) is 7.26. The molecule has 2 amide bonds. The highest BCUT2D eigenvalue weighted by atomic mass is 35.5. The average molecular weight is 394 g/mol. The van der Waals surface area contributed by atoms with Gasteiger partial charge in [-0.05, 0) is 48.5 Å². The number of benzene rings is 1. The van der Waals surface area contributed by atoms with Crippen molar-refractivity contribution >= 4 is 51.9 Å². The zero-order valence-corrected chi connectivity index (χ0v) is 15.5. The minimum absolute atomic E-state index is 0.0982. The molecule has 8 heteroatoms. The van der Waals surface area contributed by atoms with Gasteiger partial charge < -0.3 is 9.47 Å². The summed E-state index contributed by atoms with van der Waals surface area (Å²) >= 11 is 8.76. The molecule has 1 fully saturated rings. The van der Waals surface area contributed by atoms with Crippen LogP contribution in [0.2, 0.25) is 5.02 Å². The Hall–Kier alpha value is -1.96. The fraction of sp³-hybridized carbons (Fsp3) is 0.176. The summed E-state index contributed by atoms with van der Waals surface area (Å²) < 4.78 is 10.6. The minimum Gasteiger partial charge on any atom is -0.454 e. The van der Waals surface area contributed by atoms with Crippen LogP contribution in [-0.4, -0.2) is 22.8 Å². The largest absolute Gasteiger partial charge is 0.454 e. The Labute approximate surface area is 157 Å². The molecule has 1 saturated heterocycles. The van der Waals surface area contributed by atoms with Crippen molar-refractivity contribution in [3.63, 3.8) is 0 Å². The highest BCUT2D eigenvalue weighted by Gasteiger charge is 2.35. The van der Waals surface area contributed by atoms with Gasteiger partial charge in [-0.15, -0.1) is 11.3 Å². The molecule has 0 aliphatic carbocycles. The van der Waals surface area contributed by atoms with Crippen LogP contribution in [0.15, 0.2) is 29.2 Å². The number of carbonyl (C=O) groups is 2. The molecule has 2 aromatic rings. The number of hydrogen-bond acceptors (Lipinski definition) is 6. The van der Waals surface area contributed by atoms with Gasteiger partial charge >= 0.3 is 0 Å². The molecule has 1 aromatic carbocycles. The lowest BCUT2D eigenvalue weighted by Crippen LogP contribution is -2.27. The molecule has 4 rings (SSSR count). The lowest BCUT2D eigenvalue weighted by Gasteiger charge is -2.14. The molecule has 25 heavy (non-hydrogen) atoms. The number of ether oxygens (including phenoxy) is 2. The molecule has 3 heterocycles. The summed E-state index contributed by atoms with van der Waals surface area (Å²) in [5.41, 5.74) is 0.640. The first-order chi connectivity index (χ1) is 12.0. The van der Waals surface area contributed by atoms with Gasteiger partial charge in [0.1, 0.15) is 0 Å². The van der Waals surface area contributed by atoms with Crippen LogP contribution in [0.25, 0.3) is 6.08 Å². The lowest BCUT2D eigenvalue weighted by molar-refractivity contribution is -0.123. The highest BCUT2D eigenvalue weighted by Crippen LogP contribution is 2.39. The second kappa shape index (κ2) is 6.40. The first-order valence-electron chi connectivity index (χ1n) is 7.41. The number of hydrogen-bond donors (Lipinski definition) is 0. The molecule has 0 saturated carbocycles. The molecule has 0 radical (unpaired) electrons. The Morgan fingerprint density at radius 2 is 2.00 bits per heavy atom. The molecule has 0 bridgehead atoms. The SMILES string of the molecule is Cc1ccc(/C=C2\SC(=O)N(Cc3cc4c(cc3Cl)OCO4)C2=O)s1. The molecule has 2 aliphatic heterocycles. The lowest BCUT2D eigenvalue weighted by atomic mass is 10.2. The number of amides is 2. The van der Waals surface area contributed by atoms with E-state index in [1.54, 1.807) is 29.5 Å². The Bertz CT molecular complexity index is 921. The van der Waals surface area contributed by atoms with Crippen molar-refractivity contribution in [1.82, 2.24) is 4.90 Å². The number of nitrogens with zero attached hydrogens (tertiary/aromatic N) is 1. The van der Waals surface area contributed by atoms with Gasteiger partial charge in [-0.2, -0.15) is 0 Å². The third-order valence-corrected chi connectivity index (χ3v) is 5.99. The molecular formula is C17H12ClNO4S2. The number of thiophene rings is 1. The van der Waals surface area contributed by atoms with Crippen LogP contribution in [0.1, 0.15) is 15.3 Å². The summed E-state index contributed by atoms with van der Waals surface area (Å²) in [6.07, 6.45) is 1.75. The molecular weight excluding hydrogens is 382 g/mol. The van der Waals surface area contributed by atoms with Crippen molar-refractivity contribution in [2.45, 2.75) is 13.5 Å². The predicted molar refractivity (Wildman–Crippen MR) is 98.1 cm³/mol. The normalized spacial score (nSPS) is 17.8. The number of rotatable bonds is 3. The van der Waals surface area contributed by atoms with Gasteiger partial charge in [0.25, 0.3) is 11.1 Å². The van der Waals surface area contributed by atoms with Crippen LogP contribution < -0.4 is 9.47 Å². The number of carbonyl (C=O) groups excluding carboxylic acids is 2. The van der Waals surface area contributed by atoms with Crippen molar-refractivity contribution in [2.24, 2.45) is 0 Å². The maximum atomic E-state index is 12.6. The standard InChI is InChI=1S/C17H12ClNO4S2/c1-9-2-3-11(24-9)5-15-16(20)19(17(21)25-15)7-10-4-13-14(6-12(10)18)23-8-22-13/h2-6H,7-8H2,1H3/b15-5-. The second-order valence-corrected chi connectivity index (χ2v) is 8.23. The zero-order chi connectivity index (χ0) is 17.6. The molecule has 0 N–H and O–H groups in total. The van der Waals surface area contributed by atoms with E-state index in [2.05, 4.69) is 0 Å². The number of fused-ring (bicyclic) bond motifs is 1. The molecule has 0 atom stereocenters. The Morgan fingerprint density at radius 3 is 2.72 bits per heavy atom. The number of aryl methyl sites for hydroxylation is 1. The van der Waals surface area contributed by atoms with E-state index in [1.807, 2.05) is 19.1 Å². The van der Waals surface area contributed by atoms with E-state index in [4.69, 9.17) is 21.1 Å². The van der Waals surface area contributed by atoms with Gasteiger partial charge in [0.2, 0.25) is 6.79 Å². The molecule has 128 valence electrons. The van der Waals surface area contributed by atoms with E-state index in [0.717, 1.165) is 21.5 Å². The Kier molecular flexibility index (Phi) is 4.23. The maximum Gasteiger partial charge on any atom is 0.293 e. The van der Waals surface area contributed by atoms with E-state index >= 15 is 0 Å². The topological polar surface area (TPSA) is 55.8 Å². The molecule has 0 unspecified atom stereocenters. The van der Waals surface area contributed by atoms with E-state index < -0.39 is 0 Å². The first-order valence-corrected chi connectivity index (χ1v) is 9.42. The van der Waals surface area contributed by atoms with Crippen LogP contribution in [0.3, 0.4) is 0 Å². The van der Waals surface area contributed by atoms with Crippen molar-refractivity contribution in [3.05, 3.63) is 49.5 Å². The van der Waals surface area contributed by atoms with Gasteiger partial charge in [-0.3, -0.25) is 14.5 Å². The van der Waals surface area contributed by atoms with Gasteiger partial charge in [0, 0.05) is 20.8 Å². The third kappa shape index (κ3) is 3.15. The van der Waals surface area contributed by atoms with Gasteiger partial charge in [0.15, 0.2) is 11.5 Å². The Balaban J connectivity index is 1.58. The van der Waals surface area contributed by atoms with Gasteiger partial charge in [-0.25, -0.2) is 0 Å². The summed E-state index contributed by atoms with van der Waals surface area (Å²) in [5.74, 6) is 0.821. The summed E-state index contributed by atoms with van der Waals surface area (Å²) in [6.45, 7) is 2.23. The van der Waals surface area contributed by atoms with Crippen LogP contribution in [0.5, 0.6) is 11.5 Å². The van der Waals surface area contributed by atoms with Gasteiger partial charge in [-0.1, -0.05) is 11.6 Å². The fourth-order valence-electron chi connectivity index (χ4n) is 2.55. The van der Waals surface area contributed by atoms with E-state index in [9.17, 15) is 9.59 Å². The monoisotopic (exact) mass is 393 g/mol. The summed E-state index contributed by atoms with van der Waals surface area (Å²) in [7, 11) is 0. The first kappa shape index (κ1) is 16.5. The van der Waals surface area contributed by atoms with Crippen LogP contribution in [0, 0.1) is 6.92 Å². The van der Waals surface area contributed by atoms with Crippen molar-refractivity contribution in [2.75, 3.05) is 6.79 Å². The number of halogens is 1. The van der Waals surface area contributed by atoms with E-state index in [1.165, 1.54) is 4.90 Å². The predicted octanol–water partition coefficient (Wildman–Crippen LogP) is 4.68. The molecule has 1 aromatic heterocycles. The zero-order valence-electron chi connectivity index (χ0n) is 13.1.